The molecule has 2 saturated heterocycles. The Hall–Kier alpha value is -1.75. The predicted molar refractivity (Wildman–Crippen MR) is 105 cm³/mol. The van der Waals surface area contributed by atoms with Crippen LogP contribution >= 0.6 is 11.6 Å². The Morgan fingerprint density at radius 3 is 2.07 bits per heavy atom. The van der Waals surface area contributed by atoms with Crippen LogP contribution in [0.15, 0.2) is 18.2 Å². The first-order valence-corrected chi connectivity index (χ1v) is 11.1. The summed E-state index contributed by atoms with van der Waals surface area (Å²) in [6, 6.07) is 3.72. The van der Waals surface area contributed by atoms with Crippen molar-refractivity contribution in [3.63, 3.8) is 0 Å². The smallest absolute Gasteiger partial charge is 0.282 e. The van der Waals surface area contributed by atoms with Crippen molar-refractivity contribution in [2.75, 3.05) is 39.3 Å². The van der Waals surface area contributed by atoms with E-state index in [1.807, 2.05) is 0 Å². The number of piperazine rings is 1. The van der Waals surface area contributed by atoms with E-state index in [1.165, 1.54) is 21.3 Å². The standard InChI is InChI=1S/C17H23ClN4O5S/c18-16-13-14(22(24)25)5-6-15(16)17(23)19-9-11-21(12-10-19)28(26,27)20-7-3-1-2-4-8-20/h5-6,13H,1-4,7-12H2. The molecule has 0 spiro atoms. The second-order valence-electron chi connectivity index (χ2n) is 6.93. The Kier molecular flexibility index (Phi) is 6.54. The van der Waals surface area contributed by atoms with Crippen molar-refractivity contribution >= 4 is 33.4 Å². The first-order valence-electron chi connectivity index (χ1n) is 9.29. The largest absolute Gasteiger partial charge is 0.336 e. The van der Waals surface area contributed by atoms with Gasteiger partial charge in [-0.2, -0.15) is 17.0 Å². The molecule has 0 saturated carbocycles. The van der Waals surface area contributed by atoms with Crippen LogP contribution in [-0.2, 0) is 10.2 Å². The molecule has 0 unspecified atom stereocenters. The van der Waals surface area contributed by atoms with E-state index >= 15 is 0 Å². The zero-order chi connectivity index (χ0) is 20.3. The van der Waals surface area contributed by atoms with E-state index in [4.69, 9.17) is 11.6 Å². The van der Waals surface area contributed by atoms with Crippen LogP contribution in [0.25, 0.3) is 0 Å². The summed E-state index contributed by atoms with van der Waals surface area (Å²) in [5.41, 5.74) is -0.00833. The Bertz CT molecular complexity index is 847. The normalized spacial score (nSPS) is 20.0. The molecule has 1 aromatic rings. The van der Waals surface area contributed by atoms with Crippen LogP contribution in [0.4, 0.5) is 5.69 Å². The summed E-state index contributed by atoms with van der Waals surface area (Å²) in [6.07, 6.45) is 3.83. The van der Waals surface area contributed by atoms with Crippen molar-refractivity contribution < 1.29 is 18.1 Å². The molecule has 0 bridgehead atoms. The van der Waals surface area contributed by atoms with Crippen molar-refractivity contribution in [2.24, 2.45) is 0 Å². The molecule has 2 aliphatic rings. The Morgan fingerprint density at radius 2 is 1.54 bits per heavy atom. The zero-order valence-corrected chi connectivity index (χ0v) is 17.0. The Labute approximate surface area is 169 Å². The second-order valence-corrected chi connectivity index (χ2v) is 9.27. The van der Waals surface area contributed by atoms with Gasteiger partial charge in [-0.1, -0.05) is 24.4 Å². The lowest BCUT2D eigenvalue weighted by molar-refractivity contribution is -0.384. The highest BCUT2D eigenvalue weighted by molar-refractivity contribution is 7.86. The van der Waals surface area contributed by atoms with E-state index in [0.717, 1.165) is 31.7 Å². The predicted octanol–water partition coefficient (Wildman–Crippen LogP) is 2.13. The Balaban J connectivity index is 1.65. The molecule has 28 heavy (non-hydrogen) atoms. The quantitative estimate of drug-likeness (QED) is 0.537. The summed E-state index contributed by atoms with van der Waals surface area (Å²) in [6.45, 7) is 2.02. The van der Waals surface area contributed by atoms with E-state index in [0.29, 0.717) is 13.1 Å². The van der Waals surface area contributed by atoms with Gasteiger partial charge < -0.3 is 4.90 Å². The third kappa shape index (κ3) is 4.45. The third-order valence-corrected chi connectivity index (χ3v) is 7.49. The molecule has 11 heteroatoms. The van der Waals surface area contributed by atoms with Gasteiger partial charge in [0.15, 0.2) is 0 Å². The second kappa shape index (κ2) is 8.73. The van der Waals surface area contributed by atoms with Gasteiger partial charge >= 0.3 is 0 Å². The molecule has 0 N–H and O–H groups in total. The molecule has 0 radical (unpaired) electrons. The molecule has 0 atom stereocenters. The molecule has 154 valence electrons. The summed E-state index contributed by atoms with van der Waals surface area (Å²) < 4.78 is 28.7. The molecule has 0 aliphatic carbocycles. The average Bonchev–Trinajstić information content (AvgIpc) is 2.97. The lowest BCUT2D eigenvalue weighted by atomic mass is 10.1. The highest BCUT2D eigenvalue weighted by atomic mass is 35.5. The van der Waals surface area contributed by atoms with Crippen LogP contribution < -0.4 is 0 Å². The maximum atomic E-state index is 12.9. The summed E-state index contributed by atoms with van der Waals surface area (Å²) in [4.78, 5) is 24.5. The van der Waals surface area contributed by atoms with E-state index in [-0.39, 0.29) is 48.4 Å². The molecular weight excluding hydrogens is 408 g/mol. The Morgan fingerprint density at radius 1 is 0.964 bits per heavy atom. The number of carbonyl (C=O) groups is 1. The number of carbonyl (C=O) groups excluding carboxylic acids is 1. The van der Waals surface area contributed by atoms with Gasteiger partial charge in [-0.05, 0) is 18.9 Å². The minimum absolute atomic E-state index is 0.0128. The lowest BCUT2D eigenvalue weighted by Gasteiger charge is -2.36. The van der Waals surface area contributed by atoms with Gasteiger partial charge in [0.05, 0.1) is 15.5 Å². The molecule has 2 heterocycles. The van der Waals surface area contributed by atoms with Crippen LogP contribution in [0.2, 0.25) is 5.02 Å². The fraction of sp³-hybridized carbons (Fsp3) is 0.588. The number of non-ortho nitro benzene ring substituents is 1. The lowest BCUT2D eigenvalue weighted by Crippen LogP contribution is -2.54. The summed E-state index contributed by atoms with van der Waals surface area (Å²) in [5.74, 6) is -0.355. The SMILES string of the molecule is O=C(c1ccc([N+](=O)[O-])cc1Cl)N1CCN(S(=O)(=O)N2CCCCCC2)CC1. The fourth-order valence-corrected chi connectivity index (χ4v) is 5.45. The number of nitro benzene ring substituents is 1. The molecule has 9 nitrogen and oxygen atoms in total. The average molecular weight is 431 g/mol. The van der Waals surface area contributed by atoms with Crippen LogP contribution in [0.3, 0.4) is 0 Å². The van der Waals surface area contributed by atoms with E-state index < -0.39 is 15.1 Å². The number of nitro groups is 1. The number of hydrogen-bond acceptors (Lipinski definition) is 5. The number of rotatable bonds is 4. The molecular formula is C17H23ClN4O5S. The summed E-state index contributed by atoms with van der Waals surface area (Å²) >= 11 is 6.04. The summed E-state index contributed by atoms with van der Waals surface area (Å²) in [5, 5.41) is 10.8. The number of halogens is 1. The summed E-state index contributed by atoms with van der Waals surface area (Å²) in [7, 11) is -3.52. The van der Waals surface area contributed by atoms with Crippen LogP contribution in [-0.4, -0.2) is 72.0 Å². The molecule has 3 rings (SSSR count). The van der Waals surface area contributed by atoms with Crippen LogP contribution in [0, 0.1) is 10.1 Å². The van der Waals surface area contributed by atoms with Crippen molar-refractivity contribution in [1.82, 2.24) is 13.5 Å². The maximum absolute atomic E-state index is 12.9. The first-order chi connectivity index (χ1) is 13.3. The van der Waals surface area contributed by atoms with Crippen molar-refractivity contribution in [1.29, 1.82) is 0 Å². The molecule has 0 aromatic heterocycles. The van der Waals surface area contributed by atoms with Crippen molar-refractivity contribution in [2.45, 2.75) is 25.7 Å². The van der Waals surface area contributed by atoms with Gasteiger partial charge in [-0.15, -0.1) is 0 Å². The third-order valence-electron chi connectivity index (χ3n) is 5.14. The molecule has 2 aliphatic heterocycles. The topological polar surface area (TPSA) is 104 Å². The van der Waals surface area contributed by atoms with Gasteiger partial charge in [0.25, 0.3) is 21.8 Å². The van der Waals surface area contributed by atoms with Crippen LogP contribution in [0.1, 0.15) is 36.0 Å². The van der Waals surface area contributed by atoms with Gasteiger partial charge in [0.1, 0.15) is 0 Å². The molecule has 1 amide bonds. The van der Waals surface area contributed by atoms with Crippen molar-refractivity contribution in [3.05, 3.63) is 38.9 Å². The molecule has 2 fully saturated rings. The highest BCUT2D eigenvalue weighted by Crippen LogP contribution is 2.25. The van der Waals surface area contributed by atoms with E-state index in [2.05, 4.69) is 0 Å². The number of amides is 1. The van der Waals surface area contributed by atoms with E-state index in [1.54, 1.807) is 4.31 Å². The van der Waals surface area contributed by atoms with Crippen LogP contribution in [0.5, 0.6) is 0 Å². The molecule has 1 aromatic carbocycles. The fourth-order valence-electron chi connectivity index (χ4n) is 3.52. The number of hydrogen-bond donors (Lipinski definition) is 0. The monoisotopic (exact) mass is 430 g/mol. The van der Waals surface area contributed by atoms with Gasteiger partial charge in [-0.25, -0.2) is 0 Å². The zero-order valence-electron chi connectivity index (χ0n) is 15.4. The number of benzene rings is 1. The maximum Gasteiger partial charge on any atom is 0.282 e. The highest BCUT2D eigenvalue weighted by Gasteiger charge is 2.34. The number of nitrogens with zero attached hydrogens (tertiary/aromatic N) is 4. The van der Waals surface area contributed by atoms with Crippen molar-refractivity contribution in [3.8, 4) is 0 Å². The van der Waals surface area contributed by atoms with Gasteiger partial charge in [0.2, 0.25) is 0 Å². The van der Waals surface area contributed by atoms with Gasteiger partial charge in [-0.3, -0.25) is 14.9 Å². The minimum atomic E-state index is -3.52. The minimum Gasteiger partial charge on any atom is -0.336 e. The first kappa shape index (κ1) is 21.0. The van der Waals surface area contributed by atoms with E-state index in [9.17, 15) is 23.3 Å². The van der Waals surface area contributed by atoms with Gasteiger partial charge in [0, 0.05) is 51.4 Å².